The lowest BCUT2D eigenvalue weighted by atomic mass is 10.1. The van der Waals surface area contributed by atoms with E-state index in [1.54, 1.807) is 0 Å². The van der Waals surface area contributed by atoms with Crippen LogP contribution in [0.25, 0.3) is 0 Å². The average molecular weight is 879 g/mol. The van der Waals surface area contributed by atoms with E-state index in [4.69, 9.17) is 14.2 Å². The second kappa shape index (κ2) is 51.5. The van der Waals surface area contributed by atoms with Crippen molar-refractivity contribution in [3.63, 3.8) is 0 Å². The molecule has 0 aromatic heterocycles. The zero-order valence-corrected chi connectivity index (χ0v) is 41.3. The smallest absolute Gasteiger partial charge is 0.306 e. The molecular weight excluding hydrogens is 781 g/mol. The monoisotopic (exact) mass is 879 g/mol. The van der Waals surface area contributed by atoms with Gasteiger partial charge in [-0.3, -0.25) is 14.4 Å². The van der Waals surface area contributed by atoms with Gasteiger partial charge in [-0.15, -0.1) is 0 Å². The van der Waals surface area contributed by atoms with Crippen molar-refractivity contribution < 1.29 is 28.6 Å². The first-order chi connectivity index (χ1) is 31.0. The highest BCUT2D eigenvalue weighted by molar-refractivity contribution is 5.71. The van der Waals surface area contributed by atoms with E-state index in [1.165, 1.54) is 128 Å². The van der Waals surface area contributed by atoms with Gasteiger partial charge in [0.25, 0.3) is 0 Å². The van der Waals surface area contributed by atoms with E-state index in [0.29, 0.717) is 19.3 Å². The second-order valence-corrected chi connectivity index (χ2v) is 17.5. The summed E-state index contributed by atoms with van der Waals surface area (Å²) >= 11 is 0. The van der Waals surface area contributed by atoms with E-state index < -0.39 is 6.10 Å². The van der Waals surface area contributed by atoms with Crippen molar-refractivity contribution in [1.29, 1.82) is 0 Å². The summed E-state index contributed by atoms with van der Waals surface area (Å²) in [7, 11) is 0. The fraction of sp³-hybridized carbons (Fsp3) is 0.737. The minimum absolute atomic E-state index is 0.0870. The topological polar surface area (TPSA) is 78.9 Å². The summed E-state index contributed by atoms with van der Waals surface area (Å²) in [5.74, 6) is -0.916. The summed E-state index contributed by atoms with van der Waals surface area (Å²) in [4.78, 5) is 38.0. The van der Waals surface area contributed by atoms with Crippen molar-refractivity contribution in [2.24, 2.45) is 0 Å². The molecule has 63 heavy (non-hydrogen) atoms. The van der Waals surface area contributed by atoms with E-state index >= 15 is 0 Å². The van der Waals surface area contributed by atoms with Crippen LogP contribution >= 0.6 is 0 Å². The quantitative estimate of drug-likeness (QED) is 0.0199. The van der Waals surface area contributed by atoms with Crippen molar-refractivity contribution in [2.45, 2.75) is 258 Å². The lowest BCUT2D eigenvalue weighted by Crippen LogP contribution is -2.30. The van der Waals surface area contributed by atoms with E-state index in [0.717, 1.165) is 83.5 Å². The van der Waals surface area contributed by atoms with Gasteiger partial charge in [0.1, 0.15) is 13.2 Å². The minimum atomic E-state index is -0.788. The predicted octanol–water partition coefficient (Wildman–Crippen LogP) is 17.4. The Bertz CT molecular complexity index is 1190. The highest BCUT2D eigenvalue weighted by Gasteiger charge is 2.19. The third-order valence-corrected chi connectivity index (χ3v) is 11.3. The lowest BCUT2D eigenvalue weighted by molar-refractivity contribution is -0.167. The molecule has 0 radical (unpaired) electrons. The van der Waals surface area contributed by atoms with Crippen LogP contribution in [0.1, 0.15) is 252 Å². The first-order valence-corrected chi connectivity index (χ1v) is 26.5. The van der Waals surface area contributed by atoms with Crippen LogP contribution in [-0.4, -0.2) is 37.2 Å². The van der Waals surface area contributed by atoms with Crippen molar-refractivity contribution in [3.05, 3.63) is 72.9 Å². The Hall–Kier alpha value is -3.15. The predicted molar refractivity (Wildman–Crippen MR) is 270 cm³/mol. The van der Waals surface area contributed by atoms with Gasteiger partial charge in [-0.2, -0.15) is 0 Å². The third-order valence-electron chi connectivity index (χ3n) is 11.3. The first kappa shape index (κ1) is 59.9. The fourth-order valence-electron chi connectivity index (χ4n) is 7.27. The highest BCUT2D eigenvalue weighted by atomic mass is 16.6. The molecule has 1 unspecified atom stereocenters. The summed E-state index contributed by atoms with van der Waals surface area (Å²) in [5.41, 5.74) is 0. The SMILES string of the molecule is CC\C=C/C=C\C=C/C=C\CCCCCCCC(=O)OCC(COC(=O)CCCCCCCCC/C=C\CCCCCC)OC(=O)CCCCCCCCC/C=C\CCCCCC. The Balaban J connectivity index is 4.43. The van der Waals surface area contributed by atoms with Crippen molar-refractivity contribution in [1.82, 2.24) is 0 Å². The summed E-state index contributed by atoms with van der Waals surface area (Å²) in [5, 5.41) is 0. The van der Waals surface area contributed by atoms with Crippen molar-refractivity contribution in [2.75, 3.05) is 13.2 Å². The molecule has 0 spiro atoms. The van der Waals surface area contributed by atoms with E-state index in [2.05, 4.69) is 75.5 Å². The summed E-state index contributed by atoms with van der Waals surface area (Å²) in [6.45, 7) is 6.45. The molecule has 0 fully saturated rings. The molecule has 0 rings (SSSR count). The Labute approximate surface area is 389 Å². The molecule has 0 aliphatic heterocycles. The number of hydrogen-bond acceptors (Lipinski definition) is 6. The van der Waals surface area contributed by atoms with Crippen LogP contribution in [0.4, 0.5) is 0 Å². The van der Waals surface area contributed by atoms with Crippen LogP contribution in [0.15, 0.2) is 72.9 Å². The van der Waals surface area contributed by atoms with Gasteiger partial charge in [0.2, 0.25) is 0 Å². The van der Waals surface area contributed by atoms with Crippen molar-refractivity contribution in [3.8, 4) is 0 Å². The van der Waals surface area contributed by atoms with Gasteiger partial charge in [0.05, 0.1) is 0 Å². The average Bonchev–Trinajstić information content (AvgIpc) is 3.28. The Kier molecular flexibility index (Phi) is 48.9. The molecule has 0 aromatic rings. The number of unbranched alkanes of at least 4 members (excludes halogenated alkanes) is 27. The summed E-state index contributed by atoms with van der Waals surface area (Å²) in [6.07, 6.45) is 64.5. The maximum Gasteiger partial charge on any atom is 0.306 e. The van der Waals surface area contributed by atoms with Crippen LogP contribution in [0.3, 0.4) is 0 Å². The molecule has 0 aromatic carbocycles. The number of carbonyl (C=O) groups excluding carboxylic acids is 3. The molecule has 6 heteroatoms. The van der Waals surface area contributed by atoms with Gasteiger partial charge in [-0.25, -0.2) is 0 Å². The molecule has 0 heterocycles. The number of esters is 3. The molecular formula is C57H98O6. The van der Waals surface area contributed by atoms with Gasteiger partial charge in [-0.1, -0.05) is 216 Å². The van der Waals surface area contributed by atoms with Gasteiger partial charge in [-0.05, 0) is 89.9 Å². The first-order valence-electron chi connectivity index (χ1n) is 26.5. The highest BCUT2D eigenvalue weighted by Crippen LogP contribution is 2.14. The maximum atomic E-state index is 12.8. The zero-order chi connectivity index (χ0) is 45.8. The Morgan fingerprint density at radius 3 is 1.02 bits per heavy atom. The zero-order valence-electron chi connectivity index (χ0n) is 41.3. The normalized spacial score (nSPS) is 12.6. The van der Waals surface area contributed by atoms with Crippen LogP contribution < -0.4 is 0 Å². The molecule has 6 nitrogen and oxygen atoms in total. The number of rotatable bonds is 47. The third kappa shape index (κ3) is 49.7. The van der Waals surface area contributed by atoms with Crippen molar-refractivity contribution >= 4 is 17.9 Å². The number of hydrogen-bond donors (Lipinski definition) is 0. The van der Waals surface area contributed by atoms with Crippen LogP contribution in [0.5, 0.6) is 0 Å². The fourth-order valence-corrected chi connectivity index (χ4v) is 7.27. The van der Waals surface area contributed by atoms with E-state index in [-0.39, 0.29) is 31.1 Å². The largest absolute Gasteiger partial charge is 0.462 e. The molecule has 0 amide bonds. The summed E-state index contributed by atoms with van der Waals surface area (Å²) in [6, 6.07) is 0. The van der Waals surface area contributed by atoms with Crippen LogP contribution in [0.2, 0.25) is 0 Å². The van der Waals surface area contributed by atoms with Gasteiger partial charge >= 0.3 is 17.9 Å². The molecule has 0 bridgehead atoms. The maximum absolute atomic E-state index is 12.8. The van der Waals surface area contributed by atoms with Gasteiger partial charge in [0.15, 0.2) is 6.10 Å². The number of carbonyl (C=O) groups is 3. The second-order valence-electron chi connectivity index (χ2n) is 17.5. The minimum Gasteiger partial charge on any atom is -0.462 e. The molecule has 0 saturated carbocycles. The van der Waals surface area contributed by atoms with E-state index in [9.17, 15) is 14.4 Å². The Morgan fingerprint density at radius 2 is 0.635 bits per heavy atom. The van der Waals surface area contributed by atoms with Crippen LogP contribution in [0, 0.1) is 0 Å². The molecule has 0 N–H and O–H groups in total. The van der Waals surface area contributed by atoms with Gasteiger partial charge < -0.3 is 14.2 Å². The number of allylic oxidation sites excluding steroid dienone is 12. The van der Waals surface area contributed by atoms with Gasteiger partial charge in [0, 0.05) is 19.3 Å². The number of ether oxygens (including phenoxy) is 3. The summed E-state index contributed by atoms with van der Waals surface area (Å²) < 4.78 is 16.8. The standard InChI is InChI=1S/C57H98O6/c1-4-7-10-13-16-19-22-25-28-31-34-37-40-43-46-49-55(58)61-52-54(63-57(60)51-48-45-42-39-36-33-30-27-24-21-18-15-12-9-6-3)53-62-56(59)50-47-44-41-38-35-32-29-26-23-20-17-14-11-8-5-2/h7,10,13,16,19-25,28,54H,4-6,8-9,11-12,14-15,17-18,26-27,29-53H2,1-3H3/b10-7-,16-13-,22-19-,23-20-,24-21-,28-25-. The lowest BCUT2D eigenvalue weighted by Gasteiger charge is -2.18. The molecule has 0 aliphatic rings. The molecule has 362 valence electrons. The Morgan fingerprint density at radius 1 is 0.333 bits per heavy atom. The molecule has 1 atom stereocenters. The molecule has 0 saturated heterocycles. The van der Waals surface area contributed by atoms with E-state index in [1.807, 2.05) is 18.2 Å². The van der Waals surface area contributed by atoms with Crippen LogP contribution in [-0.2, 0) is 28.6 Å². The molecule has 0 aliphatic carbocycles.